The highest BCUT2D eigenvalue weighted by Crippen LogP contribution is 2.31. The smallest absolute Gasteiger partial charge is 0.328 e. The van der Waals surface area contributed by atoms with E-state index in [0.29, 0.717) is 25.7 Å². The van der Waals surface area contributed by atoms with E-state index < -0.39 is 48.3 Å². The van der Waals surface area contributed by atoms with Gasteiger partial charge in [0.2, 0.25) is 0 Å². The Bertz CT molecular complexity index is 1060. The third-order valence-electron chi connectivity index (χ3n) is 10.9. The second-order valence-electron chi connectivity index (χ2n) is 15.1. The number of carboxylic acid groups (broad SMARTS) is 1. The molecule has 0 spiro atoms. The third kappa shape index (κ3) is 15.1. The molecule has 290 valence electrons. The van der Waals surface area contributed by atoms with Gasteiger partial charge in [0.15, 0.2) is 0 Å². The van der Waals surface area contributed by atoms with Crippen LogP contribution in [0.3, 0.4) is 0 Å². The van der Waals surface area contributed by atoms with E-state index in [4.69, 9.17) is 24.1 Å². The van der Waals surface area contributed by atoms with Gasteiger partial charge in [0.1, 0.15) is 0 Å². The Labute approximate surface area is 300 Å². The third-order valence-corrected chi connectivity index (χ3v) is 10.9. The van der Waals surface area contributed by atoms with Crippen LogP contribution in [0.4, 0.5) is 0 Å². The average molecular weight is 713 g/mol. The zero-order valence-corrected chi connectivity index (χ0v) is 31.6. The van der Waals surface area contributed by atoms with Crippen molar-refractivity contribution in [1.82, 2.24) is 0 Å². The molecule has 2 aliphatic rings. The molecule has 0 aromatic rings. The van der Waals surface area contributed by atoms with Gasteiger partial charge in [-0.15, -0.1) is 0 Å². The Morgan fingerprint density at radius 3 is 2.22 bits per heavy atom. The first-order valence-corrected chi connectivity index (χ1v) is 18.6. The van der Waals surface area contributed by atoms with Gasteiger partial charge < -0.3 is 49.6 Å². The van der Waals surface area contributed by atoms with Crippen LogP contribution in [0.1, 0.15) is 99.3 Å². The van der Waals surface area contributed by atoms with Crippen molar-refractivity contribution in [2.24, 2.45) is 23.7 Å². The van der Waals surface area contributed by atoms with Crippen molar-refractivity contribution in [1.29, 1.82) is 0 Å². The molecule has 1 fully saturated rings. The van der Waals surface area contributed by atoms with Crippen molar-refractivity contribution >= 4 is 5.97 Å². The SMILES string of the molecule is CO[C@H]1C[C@H](CC[C@H](C)[C@H](O)[C@H](C)[C@@H](O)[C@@H](C)[C@H](O)C[C@H](O)C(C)[C@H](C[C@@H]2CC=C[C@H](C[C@@H](O)C/C=C(C)/C=C/C(=O)O)O2)OC)O[C@@H](C)C1. The molecule has 0 saturated carbocycles. The number of aliphatic carboxylic acids is 1. The number of methoxy groups -OCH3 is 2. The second-order valence-corrected chi connectivity index (χ2v) is 15.1. The van der Waals surface area contributed by atoms with Gasteiger partial charge in [-0.2, -0.15) is 0 Å². The summed E-state index contributed by atoms with van der Waals surface area (Å²) in [5.41, 5.74) is 0.753. The summed E-state index contributed by atoms with van der Waals surface area (Å²) in [6.45, 7) is 11.2. The summed E-state index contributed by atoms with van der Waals surface area (Å²) in [6.07, 6.45) is 8.81. The first-order chi connectivity index (χ1) is 23.6. The van der Waals surface area contributed by atoms with Crippen LogP contribution in [0.15, 0.2) is 36.0 Å². The van der Waals surface area contributed by atoms with E-state index in [-0.39, 0.29) is 54.9 Å². The normalized spacial score (nSPS) is 29.5. The summed E-state index contributed by atoms with van der Waals surface area (Å²) >= 11 is 0. The monoisotopic (exact) mass is 712 g/mol. The number of ether oxygens (including phenoxy) is 4. The van der Waals surface area contributed by atoms with Crippen LogP contribution in [-0.4, -0.2) is 118 Å². The molecule has 11 heteroatoms. The van der Waals surface area contributed by atoms with Crippen LogP contribution >= 0.6 is 0 Å². The molecule has 2 aliphatic heterocycles. The number of hydrogen-bond acceptors (Lipinski definition) is 10. The zero-order chi connectivity index (χ0) is 37.5. The molecule has 1 unspecified atom stereocenters. The number of carbonyl (C=O) groups is 1. The lowest BCUT2D eigenvalue weighted by Gasteiger charge is -2.37. The van der Waals surface area contributed by atoms with Gasteiger partial charge in [-0.1, -0.05) is 57.6 Å². The molecule has 0 bridgehead atoms. The summed E-state index contributed by atoms with van der Waals surface area (Å²) in [7, 11) is 3.32. The van der Waals surface area contributed by atoms with Crippen molar-refractivity contribution in [3.8, 4) is 0 Å². The largest absolute Gasteiger partial charge is 0.478 e. The van der Waals surface area contributed by atoms with Crippen LogP contribution in [-0.2, 0) is 23.7 Å². The van der Waals surface area contributed by atoms with E-state index in [1.54, 1.807) is 41.1 Å². The van der Waals surface area contributed by atoms with E-state index in [2.05, 4.69) is 6.92 Å². The Hall–Kier alpha value is -1.67. The second kappa shape index (κ2) is 22.4. The fourth-order valence-corrected chi connectivity index (χ4v) is 7.31. The maximum absolute atomic E-state index is 11.2. The highest BCUT2D eigenvalue weighted by molar-refractivity contribution is 5.80. The number of carboxylic acids is 1. The fraction of sp³-hybridized carbons (Fsp3) is 0.821. The Balaban J connectivity index is 1.84. The first-order valence-electron chi connectivity index (χ1n) is 18.6. The van der Waals surface area contributed by atoms with Crippen molar-refractivity contribution in [2.45, 2.75) is 166 Å². The minimum absolute atomic E-state index is 0.0460. The molecule has 1 saturated heterocycles. The van der Waals surface area contributed by atoms with E-state index >= 15 is 0 Å². The molecule has 15 atom stereocenters. The number of aliphatic hydroxyl groups excluding tert-OH is 5. The van der Waals surface area contributed by atoms with Gasteiger partial charge in [-0.25, -0.2) is 4.79 Å². The summed E-state index contributed by atoms with van der Waals surface area (Å²) in [6, 6.07) is 0. The molecule has 2 rings (SSSR count). The maximum atomic E-state index is 11.2. The van der Waals surface area contributed by atoms with Crippen LogP contribution in [0, 0.1) is 23.7 Å². The maximum Gasteiger partial charge on any atom is 0.328 e. The Morgan fingerprint density at radius 1 is 0.900 bits per heavy atom. The van der Waals surface area contributed by atoms with E-state index in [9.17, 15) is 30.3 Å². The van der Waals surface area contributed by atoms with Crippen molar-refractivity contribution in [2.75, 3.05) is 14.2 Å². The average Bonchev–Trinajstić information content (AvgIpc) is 3.09. The molecule has 0 aromatic carbocycles. The van der Waals surface area contributed by atoms with E-state index in [0.717, 1.165) is 37.3 Å². The van der Waals surface area contributed by atoms with Gasteiger partial charge in [-0.05, 0) is 64.7 Å². The predicted molar refractivity (Wildman–Crippen MR) is 193 cm³/mol. The predicted octanol–water partition coefficient (Wildman–Crippen LogP) is 4.57. The van der Waals surface area contributed by atoms with Gasteiger partial charge in [0, 0.05) is 50.9 Å². The molecule has 6 N–H and O–H groups in total. The quantitative estimate of drug-likeness (QED) is 0.0527. The minimum Gasteiger partial charge on any atom is -0.478 e. The number of rotatable bonds is 22. The summed E-state index contributed by atoms with van der Waals surface area (Å²) in [5.74, 6) is -2.50. The molecule has 2 heterocycles. The van der Waals surface area contributed by atoms with Crippen LogP contribution in [0.2, 0.25) is 0 Å². The molecule has 0 radical (unpaired) electrons. The molecule has 0 amide bonds. The Morgan fingerprint density at radius 2 is 1.58 bits per heavy atom. The highest BCUT2D eigenvalue weighted by atomic mass is 16.5. The molecule has 50 heavy (non-hydrogen) atoms. The van der Waals surface area contributed by atoms with E-state index in [1.807, 2.05) is 26.0 Å². The highest BCUT2D eigenvalue weighted by Gasteiger charge is 2.37. The number of aliphatic hydroxyl groups is 5. The number of hydrogen-bond donors (Lipinski definition) is 6. The molecule has 11 nitrogen and oxygen atoms in total. The van der Waals surface area contributed by atoms with Gasteiger partial charge in [0.25, 0.3) is 0 Å². The first kappa shape index (κ1) is 44.5. The van der Waals surface area contributed by atoms with Gasteiger partial charge in [0.05, 0.1) is 67.1 Å². The molecular weight excluding hydrogens is 644 g/mol. The van der Waals surface area contributed by atoms with Crippen molar-refractivity contribution in [3.63, 3.8) is 0 Å². The lowest BCUT2D eigenvalue weighted by molar-refractivity contribution is -0.131. The van der Waals surface area contributed by atoms with Gasteiger partial charge in [-0.3, -0.25) is 0 Å². The van der Waals surface area contributed by atoms with Crippen molar-refractivity contribution in [3.05, 3.63) is 36.0 Å². The summed E-state index contributed by atoms with van der Waals surface area (Å²) in [4.78, 5) is 10.7. The Kier molecular flexibility index (Phi) is 19.9. The van der Waals surface area contributed by atoms with E-state index in [1.165, 1.54) is 6.08 Å². The number of allylic oxidation sites excluding steroid dienone is 2. The van der Waals surface area contributed by atoms with Crippen LogP contribution in [0.5, 0.6) is 0 Å². The zero-order valence-electron chi connectivity index (χ0n) is 31.6. The standard InChI is InChI=1S/C39H68O11/c1-23(13-17-37(43)44)12-15-29(40)19-30-10-9-11-31(50-30)21-36(48-8)26(4)34(41)22-35(42)27(5)39(46)28(6)38(45)24(2)14-16-32-20-33(47-7)18-25(3)49-32/h9-10,12-13,17,24-36,38-42,45-46H,11,14-16,18-22H2,1-8H3,(H,43,44)/b17-13+,23-12+/t24-,25-,26?,27-,28-,29-,30+,31-,32-,33+,34-,35+,36-,38-,39-/m0/s1. The minimum atomic E-state index is -1.02. The van der Waals surface area contributed by atoms with Crippen LogP contribution < -0.4 is 0 Å². The van der Waals surface area contributed by atoms with Crippen LogP contribution in [0.25, 0.3) is 0 Å². The molecule has 0 aliphatic carbocycles. The van der Waals surface area contributed by atoms with Gasteiger partial charge >= 0.3 is 5.97 Å². The fourth-order valence-electron chi connectivity index (χ4n) is 7.31. The summed E-state index contributed by atoms with van der Waals surface area (Å²) < 4.78 is 23.7. The topological polar surface area (TPSA) is 175 Å². The lowest BCUT2D eigenvalue weighted by atomic mass is 9.79. The summed E-state index contributed by atoms with van der Waals surface area (Å²) in [5, 5.41) is 63.8. The lowest BCUT2D eigenvalue weighted by Crippen LogP contribution is -2.43. The van der Waals surface area contributed by atoms with Crippen molar-refractivity contribution < 1.29 is 54.4 Å². The molecular formula is C39H68O11. The molecule has 0 aromatic heterocycles.